The van der Waals surface area contributed by atoms with Crippen LogP contribution in [-0.4, -0.2) is 40.4 Å². The predicted octanol–water partition coefficient (Wildman–Crippen LogP) is 0.336. The van der Waals surface area contributed by atoms with Crippen molar-refractivity contribution in [2.45, 2.75) is 31.5 Å². The smallest absolute Gasteiger partial charge is 0.226 e. The van der Waals surface area contributed by atoms with Crippen molar-refractivity contribution in [1.29, 1.82) is 0 Å². The fraction of sp³-hybridized carbons (Fsp3) is 0.636. The molecule has 0 aromatic carbocycles. The van der Waals surface area contributed by atoms with E-state index in [2.05, 4.69) is 14.9 Å². The Kier molecular flexibility index (Phi) is 2.49. The van der Waals surface area contributed by atoms with Gasteiger partial charge in [0.2, 0.25) is 5.95 Å². The lowest BCUT2D eigenvalue weighted by Crippen LogP contribution is -2.46. The van der Waals surface area contributed by atoms with E-state index in [0.717, 1.165) is 32.0 Å². The molecule has 3 heterocycles. The van der Waals surface area contributed by atoms with Crippen molar-refractivity contribution >= 4 is 5.95 Å². The van der Waals surface area contributed by atoms with Crippen molar-refractivity contribution in [1.82, 2.24) is 9.97 Å². The van der Waals surface area contributed by atoms with Crippen molar-refractivity contribution in [2.24, 2.45) is 0 Å². The van der Waals surface area contributed by atoms with Crippen LogP contribution < -0.4 is 4.90 Å². The van der Waals surface area contributed by atoms with Gasteiger partial charge in [0.15, 0.2) is 0 Å². The summed E-state index contributed by atoms with van der Waals surface area (Å²) in [6.07, 6.45) is 4.01. The summed E-state index contributed by atoms with van der Waals surface area (Å²) < 4.78 is 5.52. The summed E-state index contributed by atoms with van der Waals surface area (Å²) in [5, 5.41) is 9.07. The van der Waals surface area contributed by atoms with Gasteiger partial charge in [-0.05, 0) is 18.9 Å². The van der Waals surface area contributed by atoms with E-state index in [9.17, 15) is 0 Å². The minimum atomic E-state index is -0.0325. The van der Waals surface area contributed by atoms with Crippen molar-refractivity contribution in [2.75, 3.05) is 18.1 Å². The Balaban J connectivity index is 1.91. The second kappa shape index (κ2) is 3.99. The van der Waals surface area contributed by atoms with Gasteiger partial charge in [-0.25, -0.2) is 9.97 Å². The van der Waals surface area contributed by atoms with Crippen molar-refractivity contribution in [3.05, 3.63) is 18.0 Å². The molecule has 1 N–H and O–H groups in total. The van der Waals surface area contributed by atoms with Crippen LogP contribution in [0.3, 0.4) is 0 Å². The van der Waals surface area contributed by atoms with Gasteiger partial charge in [0.25, 0.3) is 0 Å². The third kappa shape index (κ3) is 1.56. The summed E-state index contributed by atoms with van der Waals surface area (Å²) in [5.74, 6) is 0.738. The Hall–Kier alpha value is -1.20. The van der Waals surface area contributed by atoms with Crippen LogP contribution in [0, 0.1) is 0 Å². The normalized spacial score (nSPS) is 28.4. The molecule has 0 aliphatic carbocycles. The molecule has 2 aliphatic rings. The van der Waals surface area contributed by atoms with Gasteiger partial charge in [-0.2, -0.15) is 0 Å². The summed E-state index contributed by atoms with van der Waals surface area (Å²) >= 11 is 0. The maximum absolute atomic E-state index is 9.07. The van der Waals surface area contributed by atoms with Crippen molar-refractivity contribution in [3.8, 4) is 0 Å². The zero-order valence-corrected chi connectivity index (χ0v) is 9.04. The van der Waals surface area contributed by atoms with Gasteiger partial charge in [-0.1, -0.05) is 0 Å². The number of anilines is 1. The first-order valence-electron chi connectivity index (χ1n) is 5.67. The molecule has 86 valence electrons. The monoisotopic (exact) mass is 221 g/mol. The highest BCUT2D eigenvalue weighted by Crippen LogP contribution is 2.31. The Morgan fingerprint density at radius 2 is 2.12 bits per heavy atom. The zero-order valence-electron chi connectivity index (χ0n) is 9.04. The number of aromatic nitrogens is 2. The second-order valence-corrected chi connectivity index (χ2v) is 4.34. The predicted molar refractivity (Wildman–Crippen MR) is 58.1 cm³/mol. The average Bonchev–Trinajstić information content (AvgIpc) is 2.59. The third-order valence-electron chi connectivity index (χ3n) is 3.33. The van der Waals surface area contributed by atoms with E-state index >= 15 is 0 Å². The minimum absolute atomic E-state index is 0.0325. The van der Waals surface area contributed by atoms with Crippen LogP contribution in [0.2, 0.25) is 0 Å². The van der Waals surface area contributed by atoms with E-state index in [1.165, 1.54) is 0 Å². The molecule has 3 rings (SSSR count). The molecule has 0 amide bonds. The third-order valence-corrected chi connectivity index (χ3v) is 3.33. The van der Waals surface area contributed by atoms with Gasteiger partial charge < -0.3 is 14.7 Å². The fourth-order valence-corrected chi connectivity index (χ4v) is 2.55. The lowest BCUT2D eigenvalue weighted by Gasteiger charge is -2.34. The molecule has 5 heteroatoms. The van der Waals surface area contributed by atoms with Gasteiger partial charge in [0.05, 0.1) is 37.6 Å². The zero-order chi connectivity index (χ0) is 11.0. The quantitative estimate of drug-likeness (QED) is 0.780. The van der Waals surface area contributed by atoms with Crippen molar-refractivity contribution < 1.29 is 9.84 Å². The number of nitrogens with zero attached hydrogens (tertiary/aromatic N) is 3. The molecule has 1 aromatic heterocycles. The lowest BCUT2D eigenvalue weighted by molar-refractivity contribution is 0.0897. The van der Waals surface area contributed by atoms with Gasteiger partial charge >= 0.3 is 0 Å². The summed E-state index contributed by atoms with van der Waals surface area (Å²) in [6, 6.07) is 2.56. The summed E-state index contributed by atoms with van der Waals surface area (Å²) in [4.78, 5) is 10.9. The maximum Gasteiger partial charge on any atom is 0.226 e. The van der Waals surface area contributed by atoms with Crippen LogP contribution in [-0.2, 0) is 11.3 Å². The first kappa shape index (κ1) is 9.99. The van der Waals surface area contributed by atoms with E-state index in [4.69, 9.17) is 9.84 Å². The highest BCUT2D eigenvalue weighted by molar-refractivity contribution is 5.37. The van der Waals surface area contributed by atoms with Crippen LogP contribution in [0.4, 0.5) is 5.95 Å². The molecule has 2 fully saturated rings. The molecule has 2 aliphatic heterocycles. The Morgan fingerprint density at radius 3 is 2.81 bits per heavy atom. The van der Waals surface area contributed by atoms with Crippen LogP contribution in [0.1, 0.15) is 18.5 Å². The number of hydrogen-bond acceptors (Lipinski definition) is 5. The van der Waals surface area contributed by atoms with E-state index in [-0.39, 0.29) is 6.61 Å². The molecule has 2 bridgehead atoms. The second-order valence-electron chi connectivity index (χ2n) is 4.34. The van der Waals surface area contributed by atoms with Crippen LogP contribution in [0.5, 0.6) is 0 Å². The number of hydrogen-bond donors (Lipinski definition) is 1. The molecule has 2 saturated heterocycles. The summed E-state index contributed by atoms with van der Waals surface area (Å²) in [6.45, 7) is 1.50. The summed E-state index contributed by atoms with van der Waals surface area (Å²) in [5.41, 5.74) is 0.677. The molecule has 0 saturated carbocycles. The van der Waals surface area contributed by atoms with E-state index in [1.54, 1.807) is 12.3 Å². The molecule has 5 nitrogen and oxygen atoms in total. The number of morpholine rings is 1. The number of rotatable bonds is 2. The Morgan fingerprint density at radius 1 is 1.38 bits per heavy atom. The number of fused-ring (bicyclic) bond motifs is 2. The van der Waals surface area contributed by atoms with Gasteiger partial charge in [0, 0.05) is 6.20 Å². The lowest BCUT2D eigenvalue weighted by atomic mass is 10.2. The number of aliphatic hydroxyl groups excluding tert-OH is 1. The van der Waals surface area contributed by atoms with Crippen LogP contribution in [0.15, 0.2) is 12.3 Å². The highest BCUT2D eigenvalue weighted by atomic mass is 16.5. The number of ether oxygens (including phenoxy) is 1. The maximum atomic E-state index is 9.07. The fourth-order valence-electron chi connectivity index (χ4n) is 2.55. The van der Waals surface area contributed by atoms with E-state index < -0.39 is 0 Å². The molecular formula is C11H15N3O2. The molecule has 0 spiro atoms. The largest absolute Gasteiger partial charge is 0.390 e. The van der Waals surface area contributed by atoms with Crippen LogP contribution >= 0.6 is 0 Å². The minimum Gasteiger partial charge on any atom is -0.390 e. The van der Waals surface area contributed by atoms with Crippen molar-refractivity contribution in [3.63, 3.8) is 0 Å². The average molecular weight is 221 g/mol. The molecule has 1 aromatic rings. The molecule has 2 atom stereocenters. The Labute approximate surface area is 94.1 Å². The van der Waals surface area contributed by atoms with E-state index in [0.29, 0.717) is 17.8 Å². The molecule has 0 unspecified atom stereocenters. The Bertz CT molecular complexity index is 369. The highest BCUT2D eigenvalue weighted by Gasteiger charge is 2.38. The first-order chi connectivity index (χ1) is 7.88. The van der Waals surface area contributed by atoms with Gasteiger partial charge in [-0.3, -0.25) is 0 Å². The van der Waals surface area contributed by atoms with Gasteiger partial charge in [-0.15, -0.1) is 0 Å². The first-order valence-corrected chi connectivity index (χ1v) is 5.67. The topological polar surface area (TPSA) is 58.5 Å². The number of aliphatic hydroxyl groups is 1. The van der Waals surface area contributed by atoms with E-state index in [1.807, 2.05) is 0 Å². The summed E-state index contributed by atoms with van der Waals surface area (Å²) in [7, 11) is 0. The SMILES string of the molecule is OCc1ccnc(N2[C@@H]3CC[C@H]2COC3)n1. The van der Waals surface area contributed by atoms with Gasteiger partial charge in [0.1, 0.15) is 0 Å². The van der Waals surface area contributed by atoms with Crippen LogP contribution in [0.25, 0.3) is 0 Å². The molecule has 16 heavy (non-hydrogen) atoms. The molecular weight excluding hydrogens is 206 g/mol. The standard InChI is InChI=1S/C11H15N3O2/c15-5-8-3-4-12-11(13-8)14-9-1-2-10(14)7-16-6-9/h3-4,9-10,15H,1-2,5-7H2/t9-,10+. The molecule has 0 radical (unpaired) electrons.